The highest BCUT2D eigenvalue weighted by Crippen LogP contribution is 2.37. The topological polar surface area (TPSA) is 18.5 Å². The molecule has 1 aliphatic rings. The average molecular weight is 412 g/mol. The first kappa shape index (κ1) is 14.9. The van der Waals surface area contributed by atoms with Crippen molar-refractivity contribution in [2.45, 2.75) is 18.2 Å². The Labute approximate surface area is 141 Å². The Morgan fingerprint density at radius 1 is 1.19 bits per heavy atom. The van der Waals surface area contributed by atoms with Crippen LogP contribution in [-0.4, -0.2) is 13.2 Å². The Hall–Kier alpha value is -1.00. The van der Waals surface area contributed by atoms with Crippen LogP contribution in [0.15, 0.2) is 40.9 Å². The molecule has 0 saturated heterocycles. The van der Waals surface area contributed by atoms with Crippen LogP contribution in [0.4, 0.5) is 0 Å². The monoisotopic (exact) mass is 410 g/mol. The van der Waals surface area contributed by atoms with Crippen LogP contribution in [0, 0.1) is 0 Å². The maximum atomic E-state index is 5.56. The average Bonchev–Trinajstić information content (AvgIpc) is 2.96. The fourth-order valence-corrected chi connectivity index (χ4v) is 3.58. The summed E-state index contributed by atoms with van der Waals surface area (Å²) in [6, 6.07) is 12.6. The van der Waals surface area contributed by atoms with E-state index in [1.807, 2.05) is 13.0 Å². The largest absolute Gasteiger partial charge is 0.493 e. The molecule has 0 fully saturated rings. The van der Waals surface area contributed by atoms with Gasteiger partial charge in [0.2, 0.25) is 0 Å². The van der Waals surface area contributed by atoms with Gasteiger partial charge in [-0.3, -0.25) is 0 Å². The van der Waals surface area contributed by atoms with Gasteiger partial charge < -0.3 is 9.47 Å². The number of fused-ring (bicyclic) bond motifs is 1. The lowest BCUT2D eigenvalue weighted by atomic mass is 10.0. The molecule has 4 heteroatoms. The van der Waals surface area contributed by atoms with Crippen LogP contribution in [0.1, 0.15) is 28.4 Å². The molecule has 1 unspecified atom stereocenters. The third-order valence-corrected chi connectivity index (χ3v) is 5.23. The van der Waals surface area contributed by atoms with Crippen LogP contribution >= 0.6 is 31.9 Å². The molecule has 0 radical (unpaired) electrons. The van der Waals surface area contributed by atoms with Crippen LogP contribution in [0.2, 0.25) is 0 Å². The lowest BCUT2D eigenvalue weighted by molar-refractivity contribution is 0.338. The lowest BCUT2D eigenvalue weighted by Gasteiger charge is -2.14. The molecule has 0 spiro atoms. The summed E-state index contributed by atoms with van der Waals surface area (Å²) in [5, 5.41) is 0. The van der Waals surface area contributed by atoms with Gasteiger partial charge in [0.05, 0.1) is 22.5 Å². The minimum absolute atomic E-state index is 0.162. The maximum absolute atomic E-state index is 5.56. The van der Waals surface area contributed by atoms with E-state index in [4.69, 9.17) is 9.47 Å². The van der Waals surface area contributed by atoms with Crippen LogP contribution in [0.3, 0.4) is 0 Å². The predicted molar refractivity (Wildman–Crippen MR) is 91.7 cm³/mol. The highest BCUT2D eigenvalue weighted by atomic mass is 79.9. The second-order valence-electron chi connectivity index (χ2n) is 4.95. The molecule has 21 heavy (non-hydrogen) atoms. The van der Waals surface area contributed by atoms with Gasteiger partial charge in [-0.2, -0.15) is 0 Å². The van der Waals surface area contributed by atoms with Crippen molar-refractivity contribution in [1.29, 1.82) is 0 Å². The molecule has 110 valence electrons. The van der Waals surface area contributed by atoms with E-state index in [-0.39, 0.29) is 4.83 Å². The summed E-state index contributed by atoms with van der Waals surface area (Å²) in [6.07, 6.45) is 0.996. The van der Waals surface area contributed by atoms with Gasteiger partial charge in [-0.1, -0.05) is 34.1 Å². The molecule has 0 aliphatic carbocycles. The van der Waals surface area contributed by atoms with Crippen molar-refractivity contribution in [2.24, 2.45) is 0 Å². The Balaban J connectivity index is 1.88. The molecule has 1 heterocycles. The van der Waals surface area contributed by atoms with Gasteiger partial charge in [0.1, 0.15) is 11.5 Å². The highest BCUT2D eigenvalue weighted by molar-refractivity contribution is 9.10. The number of halogens is 2. The number of hydrogen-bond donors (Lipinski definition) is 0. The van der Waals surface area contributed by atoms with Gasteiger partial charge in [-0.15, -0.1) is 0 Å². The van der Waals surface area contributed by atoms with Crippen molar-refractivity contribution in [2.75, 3.05) is 13.2 Å². The minimum Gasteiger partial charge on any atom is -0.493 e. The number of hydrogen-bond acceptors (Lipinski definition) is 2. The van der Waals surface area contributed by atoms with Gasteiger partial charge in [0, 0.05) is 6.42 Å². The first-order chi connectivity index (χ1) is 10.2. The molecule has 0 saturated carbocycles. The molecule has 1 atom stereocenters. The molecule has 0 amide bonds. The summed E-state index contributed by atoms with van der Waals surface area (Å²) in [4.78, 5) is 0.162. The normalized spacial score (nSPS) is 14.4. The van der Waals surface area contributed by atoms with E-state index in [9.17, 15) is 0 Å². The third-order valence-electron chi connectivity index (χ3n) is 3.55. The summed E-state index contributed by atoms with van der Waals surface area (Å²) in [7, 11) is 0. The standard InChI is InChI=1S/C17H16Br2O2/c1-2-20-16-6-4-13(10-14(16)18)17(19)12-3-5-15-11(9-12)7-8-21-15/h3-6,9-10,17H,2,7-8H2,1H3. The van der Waals surface area contributed by atoms with E-state index in [2.05, 4.69) is 62.2 Å². The van der Waals surface area contributed by atoms with Gasteiger partial charge in [0.25, 0.3) is 0 Å². The third kappa shape index (κ3) is 3.11. The van der Waals surface area contributed by atoms with Crippen LogP contribution in [0.25, 0.3) is 0 Å². The zero-order valence-electron chi connectivity index (χ0n) is 11.7. The van der Waals surface area contributed by atoms with E-state index in [0.717, 1.165) is 29.0 Å². The van der Waals surface area contributed by atoms with Gasteiger partial charge in [-0.05, 0) is 57.7 Å². The molecular weight excluding hydrogens is 396 g/mol. The maximum Gasteiger partial charge on any atom is 0.133 e. The zero-order chi connectivity index (χ0) is 14.8. The molecule has 0 N–H and O–H groups in total. The first-order valence-electron chi connectivity index (χ1n) is 7.01. The van der Waals surface area contributed by atoms with Gasteiger partial charge in [0.15, 0.2) is 0 Å². The Kier molecular flexibility index (Phi) is 4.55. The fourth-order valence-electron chi connectivity index (χ4n) is 2.50. The fraction of sp³-hybridized carbons (Fsp3) is 0.294. The minimum atomic E-state index is 0.162. The lowest BCUT2D eigenvalue weighted by Crippen LogP contribution is -1.96. The molecule has 3 rings (SSSR count). The molecule has 0 aromatic heterocycles. The summed E-state index contributed by atoms with van der Waals surface area (Å²) in [5.74, 6) is 1.90. The smallest absolute Gasteiger partial charge is 0.133 e. The second-order valence-corrected chi connectivity index (χ2v) is 6.72. The SMILES string of the molecule is CCOc1ccc(C(Br)c2ccc3c(c2)CCO3)cc1Br. The quantitative estimate of drug-likeness (QED) is 0.638. The van der Waals surface area contributed by atoms with E-state index in [0.29, 0.717) is 6.61 Å². The molecular formula is C17H16Br2O2. The zero-order valence-corrected chi connectivity index (χ0v) is 14.9. The van der Waals surface area contributed by atoms with Crippen molar-refractivity contribution >= 4 is 31.9 Å². The number of ether oxygens (including phenoxy) is 2. The van der Waals surface area contributed by atoms with Crippen molar-refractivity contribution in [1.82, 2.24) is 0 Å². The highest BCUT2D eigenvalue weighted by Gasteiger charge is 2.17. The van der Waals surface area contributed by atoms with Crippen molar-refractivity contribution in [3.8, 4) is 11.5 Å². The summed E-state index contributed by atoms with van der Waals surface area (Å²) in [6.45, 7) is 3.45. The predicted octanol–water partition coefficient (Wildman–Crippen LogP) is 5.27. The van der Waals surface area contributed by atoms with E-state index in [1.165, 1.54) is 16.7 Å². The Morgan fingerprint density at radius 3 is 2.71 bits per heavy atom. The Bertz CT molecular complexity index is 655. The molecule has 2 aromatic carbocycles. The molecule has 2 aromatic rings. The number of rotatable bonds is 4. The van der Waals surface area contributed by atoms with Gasteiger partial charge in [-0.25, -0.2) is 0 Å². The van der Waals surface area contributed by atoms with E-state index < -0.39 is 0 Å². The van der Waals surface area contributed by atoms with E-state index >= 15 is 0 Å². The molecule has 1 aliphatic heterocycles. The first-order valence-corrected chi connectivity index (χ1v) is 8.72. The molecule has 2 nitrogen and oxygen atoms in total. The summed E-state index contributed by atoms with van der Waals surface area (Å²) >= 11 is 7.37. The summed E-state index contributed by atoms with van der Waals surface area (Å²) in [5.41, 5.74) is 3.74. The number of alkyl halides is 1. The number of benzene rings is 2. The van der Waals surface area contributed by atoms with Crippen molar-refractivity contribution in [3.05, 3.63) is 57.6 Å². The van der Waals surface area contributed by atoms with Crippen LogP contribution in [0.5, 0.6) is 11.5 Å². The molecule has 0 bridgehead atoms. The van der Waals surface area contributed by atoms with E-state index in [1.54, 1.807) is 0 Å². The van der Waals surface area contributed by atoms with Gasteiger partial charge >= 0.3 is 0 Å². The van der Waals surface area contributed by atoms with Crippen LogP contribution < -0.4 is 9.47 Å². The second kappa shape index (κ2) is 6.41. The van der Waals surface area contributed by atoms with Crippen molar-refractivity contribution < 1.29 is 9.47 Å². The Morgan fingerprint density at radius 2 is 1.95 bits per heavy atom. The van der Waals surface area contributed by atoms with Crippen LogP contribution in [-0.2, 0) is 6.42 Å². The van der Waals surface area contributed by atoms with Crippen molar-refractivity contribution in [3.63, 3.8) is 0 Å². The summed E-state index contributed by atoms with van der Waals surface area (Å²) < 4.78 is 12.1.